The third-order valence-corrected chi connectivity index (χ3v) is 5.29. The summed E-state index contributed by atoms with van der Waals surface area (Å²) in [6.45, 7) is 1.55. The lowest BCUT2D eigenvalue weighted by atomic mass is 9.94. The van der Waals surface area contributed by atoms with E-state index in [1.807, 2.05) is 6.07 Å². The minimum atomic E-state index is -4.53. The van der Waals surface area contributed by atoms with E-state index in [0.29, 0.717) is 41.3 Å². The highest BCUT2D eigenvalue weighted by Crippen LogP contribution is 2.37. The SMILES string of the molecule is C[C@@](N)(CO)CCc1ccc(OCCCc2ccc(Cl)c(Cl)c2)c(C(F)(F)F)c1. The van der Waals surface area contributed by atoms with Crippen LogP contribution in [-0.4, -0.2) is 23.9 Å². The van der Waals surface area contributed by atoms with Gasteiger partial charge in [-0.3, -0.25) is 0 Å². The van der Waals surface area contributed by atoms with Gasteiger partial charge < -0.3 is 15.6 Å². The highest BCUT2D eigenvalue weighted by atomic mass is 35.5. The maximum absolute atomic E-state index is 13.5. The Labute approximate surface area is 178 Å². The lowest BCUT2D eigenvalue weighted by Gasteiger charge is -2.22. The molecule has 0 aromatic heterocycles. The van der Waals surface area contributed by atoms with Crippen molar-refractivity contribution in [1.82, 2.24) is 0 Å². The average Bonchev–Trinajstić information content (AvgIpc) is 2.66. The minimum absolute atomic E-state index is 0.133. The van der Waals surface area contributed by atoms with Crippen LogP contribution in [0.4, 0.5) is 13.2 Å². The van der Waals surface area contributed by atoms with Gasteiger partial charge in [-0.05, 0) is 68.0 Å². The van der Waals surface area contributed by atoms with E-state index in [9.17, 15) is 18.3 Å². The van der Waals surface area contributed by atoms with Gasteiger partial charge >= 0.3 is 6.18 Å². The number of rotatable bonds is 9. The molecule has 8 heteroatoms. The van der Waals surface area contributed by atoms with Gasteiger partial charge in [0.15, 0.2) is 0 Å². The fourth-order valence-corrected chi connectivity index (χ4v) is 3.06. The first kappa shape index (κ1) is 23.8. The topological polar surface area (TPSA) is 55.5 Å². The van der Waals surface area contributed by atoms with Crippen molar-refractivity contribution in [2.75, 3.05) is 13.2 Å². The number of ether oxygens (including phenoxy) is 1. The summed E-state index contributed by atoms with van der Waals surface area (Å²) in [7, 11) is 0. The smallest absolute Gasteiger partial charge is 0.419 e. The number of benzene rings is 2. The van der Waals surface area contributed by atoms with Crippen LogP contribution >= 0.6 is 23.2 Å². The van der Waals surface area contributed by atoms with Gasteiger partial charge in [0.2, 0.25) is 0 Å². The van der Waals surface area contributed by atoms with Crippen LogP contribution < -0.4 is 10.5 Å². The van der Waals surface area contributed by atoms with E-state index in [2.05, 4.69) is 0 Å². The number of aryl methyl sites for hydroxylation is 2. The van der Waals surface area contributed by atoms with Crippen molar-refractivity contribution >= 4 is 23.2 Å². The summed E-state index contributed by atoms with van der Waals surface area (Å²) in [5.74, 6) is -0.201. The number of nitrogens with two attached hydrogens (primary N) is 1. The van der Waals surface area contributed by atoms with Crippen LogP contribution in [0.2, 0.25) is 10.0 Å². The van der Waals surface area contributed by atoms with Crippen LogP contribution in [0.5, 0.6) is 5.75 Å². The third kappa shape index (κ3) is 7.37. The molecule has 0 fully saturated rings. The first-order valence-corrected chi connectivity index (χ1v) is 9.94. The monoisotopic (exact) mass is 449 g/mol. The van der Waals surface area contributed by atoms with Crippen LogP contribution in [-0.2, 0) is 19.0 Å². The summed E-state index contributed by atoms with van der Waals surface area (Å²) < 4.78 is 45.8. The molecule has 3 nitrogen and oxygen atoms in total. The van der Waals surface area contributed by atoms with Crippen LogP contribution in [0, 0.1) is 0 Å². The van der Waals surface area contributed by atoms with Crippen LogP contribution in [0.15, 0.2) is 36.4 Å². The predicted octanol–water partition coefficient (Wildman–Crippen LogP) is 5.67. The van der Waals surface area contributed by atoms with Gasteiger partial charge in [-0.2, -0.15) is 13.2 Å². The normalized spacial score (nSPS) is 13.9. The Bertz CT molecular complexity index is 826. The maximum atomic E-state index is 13.5. The highest BCUT2D eigenvalue weighted by molar-refractivity contribution is 6.42. The molecule has 160 valence electrons. The summed E-state index contributed by atoms with van der Waals surface area (Å²) in [5, 5.41) is 10.1. The lowest BCUT2D eigenvalue weighted by Crippen LogP contribution is -2.40. The Morgan fingerprint density at radius 3 is 2.28 bits per heavy atom. The largest absolute Gasteiger partial charge is 0.493 e. The molecular weight excluding hydrogens is 426 g/mol. The predicted molar refractivity (Wildman–Crippen MR) is 110 cm³/mol. The van der Waals surface area contributed by atoms with Crippen molar-refractivity contribution in [3.8, 4) is 5.75 Å². The number of hydrogen-bond donors (Lipinski definition) is 2. The van der Waals surface area contributed by atoms with Gasteiger partial charge in [-0.25, -0.2) is 0 Å². The van der Waals surface area contributed by atoms with E-state index < -0.39 is 17.3 Å². The molecule has 0 spiro atoms. The number of halogens is 5. The number of aliphatic hydroxyl groups excluding tert-OH is 1. The summed E-state index contributed by atoms with van der Waals surface area (Å²) in [5.41, 5.74) is 5.63. The Morgan fingerprint density at radius 2 is 1.66 bits per heavy atom. The van der Waals surface area contributed by atoms with Crippen molar-refractivity contribution < 1.29 is 23.0 Å². The second kappa shape index (κ2) is 10.0. The summed E-state index contributed by atoms with van der Waals surface area (Å²) in [6.07, 6.45) is -2.71. The quantitative estimate of drug-likeness (QED) is 0.485. The number of hydrogen-bond acceptors (Lipinski definition) is 3. The molecule has 2 rings (SSSR count). The van der Waals surface area contributed by atoms with Crippen molar-refractivity contribution in [1.29, 1.82) is 0 Å². The first-order valence-electron chi connectivity index (χ1n) is 9.18. The molecule has 0 aliphatic rings. The van der Waals surface area contributed by atoms with Crippen LogP contribution in [0.3, 0.4) is 0 Å². The molecule has 3 N–H and O–H groups in total. The van der Waals surface area contributed by atoms with E-state index >= 15 is 0 Å². The second-order valence-corrected chi connectivity index (χ2v) is 8.16. The zero-order chi connectivity index (χ0) is 21.7. The number of aliphatic hydroxyl groups is 1. The summed E-state index contributed by atoms with van der Waals surface area (Å²) in [4.78, 5) is 0. The molecule has 0 saturated heterocycles. The van der Waals surface area contributed by atoms with Crippen molar-refractivity contribution in [3.05, 3.63) is 63.1 Å². The minimum Gasteiger partial charge on any atom is -0.493 e. The molecule has 0 radical (unpaired) electrons. The Morgan fingerprint density at radius 1 is 1.00 bits per heavy atom. The molecular formula is C21H24Cl2F3NO2. The molecule has 0 saturated carbocycles. The zero-order valence-electron chi connectivity index (χ0n) is 16.0. The molecule has 2 aromatic rings. The molecule has 29 heavy (non-hydrogen) atoms. The van der Waals surface area contributed by atoms with Gasteiger partial charge in [0.1, 0.15) is 5.75 Å². The Hall–Kier alpha value is -1.47. The fourth-order valence-electron chi connectivity index (χ4n) is 2.74. The molecule has 1 atom stereocenters. The van der Waals surface area contributed by atoms with Crippen molar-refractivity contribution in [2.24, 2.45) is 5.73 Å². The van der Waals surface area contributed by atoms with Crippen molar-refractivity contribution in [3.63, 3.8) is 0 Å². The molecule has 0 bridgehead atoms. The first-order chi connectivity index (χ1) is 13.5. The maximum Gasteiger partial charge on any atom is 0.419 e. The molecule has 2 aromatic carbocycles. The molecule has 0 heterocycles. The van der Waals surface area contributed by atoms with Gasteiger partial charge in [0, 0.05) is 5.54 Å². The lowest BCUT2D eigenvalue weighted by molar-refractivity contribution is -0.139. The van der Waals surface area contributed by atoms with E-state index in [1.54, 1.807) is 25.1 Å². The second-order valence-electron chi connectivity index (χ2n) is 7.34. The molecule has 0 aliphatic carbocycles. The van der Waals surface area contributed by atoms with Crippen LogP contribution in [0.1, 0.15) is 36.5 Å². The van der Waals surface area contributed by atoms with E-state index in [-0.39, 0.29) is 19.0 Å². The fraction of sp³-hybridized carbons (Fsp3) is 0.429. The molecule has 0 unspecified atom stereocenters. The highest BCUT2D eigenvalue weighted by Gasteiger charge is 2.34. The summed E-state index contributed by atoms with van der Waals surface area (Å²) >= 11 is 11.8. The van der Waals surface area contributed by atoms with Crippen molar-refractivity contribution in [2.45, 2.75) is 44.3 Å². The van der Waals surface area contributed by atoms with Gasteiger partial charge in [-0.1, -0.05) is 35.3 Å². The van der Waals surface area contributed by atoms with E-state index in [4.69, 9.17) is 33.7 Å². The van der Waals surface area contributed by atoms with Gasteiger partial charge in [0.05, 0.1) is 28.8 Å². The summed E-state index contributed by atoms with van der Waals surface area (Å²) in [6, 6.07) is 9.26. The molecule has 0 amide bonds. The number of alkyl halides is 3. The molecule has 0 aliphatic heterocycles. The van der Waals surface area contributed by atoms with Gasteiger partial charge in [-0.15, -0.1) is 0 Å². The van der Waals surface area contributed by atoms with E-state index in [0.717, 1.165) is 11.6 Å². The third-order valence-electron chi connectivity index (χ3n) is 4.55. The van der Waals surface area contributed by atoms with Gasteiger partial charge in [0.25, 0.3) is 0 Å². The standard InChI is InChI=1S/C21H24Cl2F3NO2/c1-20(27,13-28)9-8-15-5-7-19(16(11-15)21(24,25)26)29-10-2-3-14-4-6-17(22)18(23)12-14/h4-7,11-12,28H,2-3,8-10,13,27H2,1H3/t20-/m0/s1. The average molecular weight is 450 g/mol. The van der Waals surface area contributed by atoms with Crippen LogP contribution in [0.25, 0.3) is 0 Å². The Kier molecular flexibility index (Phi) is 8.23. The Balaban J connectivity index is 2.00. The van der Waals surface area contributed by atoms with E-state index in [1.165, 1.54) is 6.07 Å². The zero-order valence-corrected chi connectivity index (χ0v) is 17.5.